The molecule has 0 bridgehead atoms. The fraction of sp³-hybridized carbons (Fsp3) is 0.438. The number of hydrogen-bond donors (Lipinski definition) is 1. The number of nitrogens with one attached hydrogen (secondary N) is 1. The standard InChI is InChI=1S/C16H23N5O2/c1-14(21-8-7-17-13-21)11-19-16(22)20(9-10-23-2)12-15-5-3-4-6-18-15/h3-8,13-14H,9-12H2,1-2H3,(H,19,22)/t14-/m1/s1. The molecule has 2 heterocycles. The van der Waals surface area contributed by atoms with Crippen LogP contribution in [0.2, 0.25) is 0 Å². The van der Waals surface area contributed by atoms with Crippen molar-refractivity contribution in [3.63, 3.8) is 0 Å². The summed E-state index contributed by atoms with van der Waals surface area (Å²) in [5.41, 5.74) is 0.849. The van der Waals surface area contributed by atoms with E-state index in [0.29, 0.717) is 26.2 Å². The lowest BCUT2D eigenvalue weighted by Gasteiger charge is -2.24. The van der Waals surface area contributed by atoms with Crippen molar-refractivity contribution in [3.05, 3.63) is 48.8 Å². The third-order valence-corrected chi connectivity index (χ3v) is 3.51. The van der Waals surface area contributed by atoms with Gasteiger partial charge in [0, 0.05) is 44.8 Å². The molecule has 0 unspecified atom stereocenters. The monoisotopic (exact) mass is 317 g/mol. The van der Waals surface area contributed by atoms with E-state index in [1.807, 2.05) is 35.9 Å². The van der Waals surface area contributed by atoms with Crippen molar-refractivity contribution in [1.82, 2.24) is 24.8 Å². The Morgan fingerprint density at radius 2 is 2.30 bits per heavy atom. The maximum absolute atomic E-state index is 12.4. The molecule has 2 aromatic rings. The Labute approximate surface area is 136 Å². The minimum absolute atomic E-state index is 0.125. The minimum Gasteiger partial charge on any atom is -0.383 e. The van der Waals surface area contributed by atoms with Crippen LogP contribution < -0.4 is 5.32 Å². The highest BCUT2D eigenvalue weighted by Crippen LogP contribution is 2.05. The van der Waals surface area contributed by atoms with E-state index < -0.39 is 0 Å². The van der Waals surface area contributed by atoms with Gasteiger partial charge in [-0.3, -0.25) is 4.98 Å². The second-order valence-electron chi connectivity index (χ2n) is 5.28. The van der Waals surface area contributed by atoms with Crippen molar-refractivity contribution < 1.29 is 9.53 Å². The molecule has 7 heteroatoms. The van der Waals surface area contributed by atoms with Gasteiger partial charge in [0.15, 0.2) is 0 Å². The molecule has 2 rings (SSSR count). The smallest absolute Gasteiger partial charge is 0.317 e. The summed E-state index contributed by atoms with van der Waals surface area (Å²) in [7, 11) is 1.62. The van der Waals surface area contributed by atoms with E-state index in [4.69, 9.17) is 4.74 Å². The zero-order valence-electron chi connectivity index (χ0n) is 13.6. The van der Waals surface area contributed by atoms with Gasteiger partial charge < -0.3 is 19.5 Å². The van der Waals surface area contributed by atoms with Gasteiger partial charge in [-0.15, -0.1) is 0 Å². The van der Waals surface area contributed by atoms with Crippen LogP contribution in [0.25, 0.3) is 0 Å². The summed E-state index contributed by atoms with van der Waals surface area (Å²) < 4.78 is 7.05. The average Bonchev–Trinajstić information content (AvgIpc) is 3.11. The predicted octanol–water partition coefficient (Wildman–Crippen LogP) is 1.70. The number of urea groups is 1. The van der Waals surface area contributed by atoms with Gasteiger partial charge in [-0.2, -0.15) is 0 Å². The first-order valence-corrected chi connectivity index (χ1v) is 7.59. The molecule has 0 fully saturated rings. The Hall–Kier alpha value is -2.41. The van der Waals surface area contributed by atoms with Gasteiger partial charge in [-0.05, 0) is 19.1 Å². The van der Waals surface area contributed by atoms with Crippen LogP contribution >= 0.6 is 0 Å². The Morgan fingerprint density at radius 1 is 1.43 bits per heavy atom. The Balaban J connectivity index is 1.90. The van der Waals surface area contributed by atoms with Crippen LogP contribution in [0.5, 0.6) is 0 Å². The Bertz CT molecular complexity index is 573. The number of carbonyl (C=O) groups excluding carboxylic acids is 1. The molecule has 1 atom stereocenters. The minimum atomic E-state index is -0.125. The number of rotatable bonds is 8. The Morgan fingerprint density at radius 3 is 2.96 bits per heavy atom. The van der Waals surface area contributed by atoms with Gasteiger partial charge in [-0.1, -0.05) is 6.07 Å². The molecule has 0 spiro atoms. The number of ether oxygens (including phenoxy) is 1. The second-order valence-corrected chi connectivity index (χ2v) is 5.28. The number of aromatic nitrogens is 3. The highest BCUT2D eigenvalue weighted by molar-refractivity contribution is 5.74. The summed E-state index contributed by atoms with van der Waals surface area (Å²) in [6.07, 6.45) is 7.08. The third kappa shape index (κ3) is 5.37. The molecule has 2 amide bonds. The van der Waals surface area contributed by atoms with Crippen molar-refractivity contribution in [1.29, 1.82) is 0 Å². The molecule has 7 nitrogen and oxygen atoms in total. The van der Waals surface area contributed by atoms with Crippen LogP contribution in [0.3, 0.4) is 0 Å². The second kappa shape index (κ2) is 8.89. The topological polar surface area (TPSA) is 72.3 Å². The molecule has 124 valence electrons. The first-order chi connectivity index (χ1) is 11.2. The lowest BCUT2D eigenvalue weighted by molar-refractivity contribution is 0.145. The van der Waals surface area contributed by atoms with Gasteiger partial charge >= 0.3 is 6.03 Å². The number of imidazole rings is 1. The zero-order chi connectivity index (χ0) is 16.5. The summed E-state index contributed by atoms with van der Waals surface area (Å²) in [6.45, 7) is 4.01. The van der Waals surface area contributed by atoms with E-state index in [0.717, 1.165) is 5.69 Å². The van der Waals surface area contributed by atoms with E-state index in [1.54, 1.807) is 30.7 Å². The Kier molecular flexibility index (Phi) is 6.56. The van der Waals surface area contributed by atoms with Crippen LogP contribution in [0.1, 0.15) is 18.7 Å². The maximum atomic E-state index is 12.4. The average molecular weight is 317 g/mol. The van der Waals surface area contributed by atoms with Crippen molar-refractivity contribution in [2.45, 2.75) is 19.5 Å². The fourth-order valence-electron chi connectivity index (χ4n) is 2.12. The molecule has 0 saturated carbocycles. The highest BCUT2D eigenvalue weighted by atomic mass is 16.5. The first-order valence-electron chi connectivity index (χ1n) is 7.59. The number of nitrogens with zero attached hydrogens (tertiary/aromatic N) is 4. The summed E-state index contributed by atoms with van der Waals surface area (Å²) in [5, 5.41) is 2.95. The van der Waals surface area contributed by atoms with Crippen LogP contribution in [-0.4, -0.2) is 52.3 Å². The SMILES string of the molecule is COCCN(Cc1ccccn1)C(=O)NC[C@@H](C)n1ccnc1. The van der Waals surface area contributed by atoms with Crippen molar-refractivity contribution >= 4 is 6.03 Å². The van der Waals surface area contributed by atoms with Gasteiger partial charge in [0.2, 0.25) is 0 Å². The summed E-state index contributed by atoms with van der Waals surface area (Å²) in [4.78, 5) is 22.4. The maximum Gasteiger partial charge on any atom is 0.317 e. The van der Waals surface area contributed by atoms with Crippen LogP contribution in [-0.2, 0) is 11.3 Å². The molecule has 0 saturated heterocycles. The van der Waals surface area contributed by atoms with Gasteiger partial charge in [-0.25, -0.2) is 9.78 Å². The molecule has 1 N–H and O–H groups in total. The third-order valence-electron chi connectivity index (χ3n) is 3.51. The van der Waals surface area contributed by atoms with Crippen molar-refractivity contribution in [2.75, 3.05) is 26.8 Å². The van der Waals surface area contributed by atoms with Crippen LogP contribution in [0, 0.1) is 0 Å². The normalized spacial score (nSPS) is 11.9. The van der Waals surface area contributed by atoms with Gasteiger partial charge in [0.25, 0.3) is 0 Å². The number of pyridine rings is 1. The van der Waals surface area contributed by atoms with Crippen LogP contribution in [0.15, 0.2) is 43.1 Å². The number of hydrogen-bond acceptors (Lipinski definition) is 4. The van der Waals surface area contributed by atoms with Crippen molar-refractivity contribution in [3.8, 4) is 0 Å². The van der Waals surface area contributed by atoms with E-state index in [2.05, 4.69) is 15.3 Å². The van der Waals surface area contributed by atoms with Crippen molar-refractivity contribution in [2.24, 2.45) is 0 Å². The molecule has 0 radical (unpaired) electrons. The lowest BCUT2D eigenvalue weighted by atomic mass is 10.3. The van der Waals surface area contributed by atoms with E-state index >= 15 is 0 Å². The van der Waals surface area contributed by atoms with Crippen LogP contribution in [0.4, 0.5) is 4.79 Å². The largest absolute Gasteiger partial charge is 0.383 e. The molecular weight excluding hydrogens is 294 g/mol. The number of amides is 2. The molecule has 0 aliphatic carbocycles. The van der Waals surface area contributed by atoms with E-state index in [1.165, 1.54) is 0 Å². The molecule has 23 heavy (non-hydrogen) atoms. The summed E-state index contributed by atoms with van der Waals surface area (Å²) in [5.74, 6) is 0. The molecule has 2 aromatic heterocycles. The summed E-state index contributed by atoms with van der Waals surface area (Å²) >= 11 is 0. The van der Waals surface area contributed by atoms with Gasteiger partial charge in [0.1, 0.15) is 0 Å². The quantitative estimate of drug-likeness (QED) is 0.804. The van der Waals surface area contributed by atoms with E-state index in [-0.39, 0.29) is 12.1 Å². The fourth-order valence-corrected chi connectivity index (χ4v) is 2.12. The predicted molar refractivity (Wildman–Crippen MR) is 86.9 cm³/mol. The number of carbonyl (C=O) groups is 1. The first kappa shape index (κ1) is 17.0. The summed E-state index contributed by atoms with van der Waals surface area (Å²) in [6, 6.07) is 5.69. The highest BCUT2D eigenvalue weighted by Gasteiger charge is 2.15. The van der Waals surface area contributed by atoms with E-state index in [9.17, 15) is 4.79 Å². The number of methoxy groups -OCH3 is 1. The van der Waals surface area contributed by atoms with Gasteiger partial charge in [0.05, 0.1) is 25.2 Å². The molecule has 0 aromatic carbocycles. The molecule has 0 aliphatic rings. The molecule has 0 aliphatic heterocycles. The molecular formula is C16H23N5O2. The lowest BCUT2D eigenvalue weighted by Crippen LogP contribution is -2.43. The zero-order valence-corrected chi connectivity index (χ0v) is 13.6.